The summed E-state index contributed by atoms with van der Waals surface area (Å²) in [5.74, 6) is 3.45. The lowest BCUT2D eigenvalue weighted by Gasteiger charge is -2.15. The normalized spacial score (nSPS) is 20.8. The van der Waals surface area contributed by atoms with Gasteiger partial charge in [-0.15, -0.1) is 0 Å². The summed E-state index contributed by atoms with van der Waals surface area (Å²) >= 11 is 0. The molecule has 2 aliphatic carbocycles. The summed E-state index contributed by atoms with van der Waals surface area (Å²) in [4.78, 5) is 24.4. The van der Waals surface area contributed by atoms with Crippen LogP contribution in [-0.4, -0.2) is 36.4 Å². The highest BCUT2D eigenvalue weighted by Gasteiger charge is 2.35. The molecule has 46 heavy (non-hydrogen) atoms. The number of ether oxygens (including phenoxy) is 2. The van der Waals surface area contributed by atoms with Crippen LogP contribution >= 0.6 is 0 Å². The topological polar surface area (TPSA) is 72.8 Å². The molecule has 0 aromatic carbocycles. The van der Waals surface area contributed by atoms with Gasteiger partial charge in [0.15, 0.2) is 6.10 Å². The molecule has 0 amide bonds. The minimum Gasteiger partial charge on any atom is -0.462 e. The van der Waals surface area contributed by atoms with Crippen LogP contribution in [0.25, 0.3) is 0 Å². The average molecular weight is 649 g/mol. The fourth-order valence-electron chi connectivity index (χ4n) is 7.45. The second-order valence-corrected chi connectivity index (χ2v) is 15.2. The van der Waals surface area contributed by atoms with Gasteiger partial charge < -0.3 is 14.6 Å². The average Bonchev–Trinajstić information content (AvgIpc) is 3.98. The molecule has 2 aliphatic rings. The molecule has 0 aromatic heterocycles. The quantitative estimate of drug-likeness (QED) is 0.0555. The van der Waals surface area contributed by atoms with Gasteiger partial charge >= 0.3 is 11.9 Å². The van der Waals surface area contributed by atoms with Gasteiger partial charge in [0.1, 0.15) is 6.61 Å². The number of rotatable bonds is 34. The fraction of sp³-hybridized carbons (Fsp3) is 0.951. The molecule has 5 heteroatoms. The lowest BCUT2D eigenvalue weighted by atomic mass is 10.0. The Labute approximate surface area is 285 Å². The van der Waals surface area contributed by atoms with E-state index in [4.69, 9.17) is 9.47 Å². The largest absolute Gasteiger partial charge is 0.462 e. The third-order valence-electron chi connectivity index (χ3n) is 10.8. The number of carbonyl (C=O) groups is 2. The van der Waals surface area contributed by atoms with Crippen molar-refractivity contribution in [3.05, 3.63) is 0 Å². The fourth-order valence-corrected chi connectivity index (χ4v) is 7.45. The summed E-state index contributed by atoms with van der Waals surface area (Å²) in [5, 5.41) is 9.59. The minimum absolute atomic E-state index is 0.0522. The molecule has 0 aliphatic heterocycles. The Balaban J connectivity index is 1.32. The summed E-state index contributed by atoms with van der Waals surface area (Å²) < 4.78 is 10.7. The summed E-state index contributed by atoms with van der Waals surface area (Å²) in [7, 11) is 0. The zero-order chi connectivity index (χ0) is 33.1. The van der Waals surface area contributed by atoms with Crippen LogP contribution in [0.5, 0.6) is 0 Å². The van der Waals surface area contributed by atoms with Crippen molar-refractivity contribution in [2.45, 2.75) is 213 Å². The standard InChI is InChI=1S/C41H76O5/c1-3-5-7-9-13-19-25-35-31-37(35)27-21-15-11-17-23-29-40(43)45-34-39(33-42)46-41(44)30-24-18-12-16-22-28-38-32-36(38)26-20-14-10-8-6-4-2/h35-39,42H,3-34H2,1-2H3/t35-,36-,37+,38+,39+/m1/s1. The maximum atomic E-state index is 12.2. The van der Waals surface area contributed by atoms with Crippen LogP contribution in [0.3, 0.4) is 0 Å². The molecule has 5 nitrogen and oxygen atoms in total. The Bertz CT molecular complexity index is 738. The Hall–Kier alpha value is -1.10. The van der Waals surface area contributed by atoms with Gasteiger partial charge in [-0.05, 0) is 49.4 Å². The van der Waals surface area contributed by atoms with Crippen LogP contribution in [0, 0.1) is 23.7 Å². The number of hydrogen-bond acceptors (Lipinski definition) is 5. The minimum atomic E-state index is -0.758. The number of unbranched alkanes of at least 4 members (excludes halogenated alkanes) is 18. The van der Waals surface area contributed by atoms with Gasteiger partial charge in [0.2, 0.25) is 0 Å². The van der Waals surface area contributed by atoms with E-state index in [1.807, 2.05) is 0 Å². The lowest BCUT2D eigenvalue weighted by molar-refractivity contribution is -0.161. The third kappa shape index (κ3) is 22.5. The van der Waals surface area contributed by atoms with Crippen molar-refractivity contribution in [1.29, 1.82) is 0 Å². The molecule has 0 saturated heterocycles. The van der Waals surface area contributed by atoms with Gasteiger partial charge in [-0.1, -0.05) is 168 Å². The molecule has 0 heterocycles. The van der Waals surface area contributed by atoms with E-state index < -0.39 is 6.10 Å². The van der Waals surface area contributed by atoms with Crippen molar-refractivity contribution in [3.8, 4) is 0 Å². The van der Waals surface area contributed by atoms with Crippen LogP contribution in [0.4, 0.5) is 0 Å². The lowest BCUT2D eigenvalue weighted by Crippen LogP contribution is -2.28. The first-order valence-electron chi connectivity index (χ1n) is 20.5. The molecule has 0 unspecified atom stereocenters. The molecular weight excluding hydrogens is 572 g/mol. The zero-order valence-electron chi connectivity index (χ0n) is 30.6. The van der Waals surface area contributed by atoms with E-state index in [0.29, 0.717) is 12.8 Å². The van der Waals surface area contributed by atoms with E-state index in [9.17, 15) is 14.7 Å². The first-order valence-corrected chi connectivity index (χ1v) is 20.5. The van der Waals surface area contributed by atoms with Crippen molar-refractivity contribution in [2.75, 3.05) is 13.2 Å². The molecule has 0 bridgehead atoms. The van der Waals surface area contributed by atoms with E-state index in [1.54, 1.807) is 0 Å². The van der Waals surface area contributed by atoms with Gasteiger partial charge in [-0.3, -0.25) is 9.59 Å². The number of aliphatic hydroxyl groups excluding tert-OH is 1. The molecule has 1 N–H and O–H groups in total. The molecule has 0 aromatic rings. The zero-order valence-corrected chi connectivity index (χ0v) is 30.6. The van der Waals surface area contributed by atoms with Gasteiger partial charge in [0.25, 0.3) is 0 Å². The van der Waals surface area contributed by atoms with Crippen molar-refractivity contribution in [3.63, 3.8) is 0 Å². The molecule has 2 saturated carbocycles. The molecule has 2 fully saturated rings. The number of hydrogen-bond donors (Lipinski definition) is 1. The molecule has 270 valence electrons. The summed E-state index contributed by atoms with van der Waals surface area (Å²) in [5.41, 5.74) is 0. The van der Waals surface area contributed by atoms with Gasteiger partial charge in [0, 0.05) is 12.8 Å². The summed E-state index contributed by atoms with van der Waals surface area (Å²) in [6, 6.07) is 0. The van der Waals surface area contributed by atoms with Gasteiger partial charge in [0.05, 0.1) is 6.61 Å². The highest BCUT2D eigenvalue weighted by molar-refractivity contribution is 5.70. The monoisotopic (exact) mass is 649 g/mol. The molecule has 5 atom stereocenters. The Morgan fingerprint density at radius 3 is 1.26 bits per heavy atom. The van der Waals surface area contributed by atoms with Crippen molar-refractivity contribution >= 4 is 11.9 Å². The Morgan fingerprint density at radius 2 is 0.870 bits per heavy atom. The van der Waals surface area contributed by atoms with E-state index in [2.05, 4.69) is 13.8 Å². The van der Waals surface area contributed by atoms with Gasteiger partial charge in [-0.25, -0.2) is 0 Å². The number of aliphatic hydroxyl groups is 1. The summed E-state index contributed by atoms with van der Waals surface area (Å²) in [6.07, 6.45) is 36.7. The van der Waals surface area contributed by atoms with E-state index in [-0.39, 0.29) is 25.2 Å². The van der Waals surface area contributed by atoms with Crippen LogP contribution in [0.1, 0.15) is 206 Å². The molecule has 2 rings (SSSR count). The first kappa shape index (κ1) is 41.1. The predicted octanol–water partition coefficient (Wildman–Crippen LogP) is 11.7. The van der Waals surface area contributed by atoms with E-state index >= 15 is 0 Å². The van der Waals surface area contributed by atoms with Crippen molar-refractivity contribution < 1.29 is 24.2 Å². The van der Waals surface area contributed by atoms with E-state index in [1.165, 1.54) is 154 Å². The molecule has 0 radical (unpaired) electrons. The van der Waals surface area contributed by atoms with Crippen LogP contribution in [-0.2, 0) is 19.1 Å². The highest BCUT2D eigenvalue weighted by Crippen LogP contribution is 2.46. The first-order chi connectivity index (χ1) is 22.6. The van der Waals surface area contributed by atoms with Gasteiger partial charge in [-0.2, -0.15) is 0 Å². The summed E-state index contributed by atoms with van der Waals surface area (Å²) in [6.45, 7) is 4.19. The highest BCUT2D eigenvalue weighted by atomic mass is 16.6. The second-order valence-electron chi connectivity index (χ2n) is 15.2. The Kier molecular flexibility index (Phi) is 24.8. The smallest absolute Gasteiger partial charge is 0.306 e. The predicted molar refractivity (Wildman–Crippen MR) is 192 cm³/mol. The van der Waals surface area contributed by atoms with Crippen LogP contribution < -0.4 is 0 Å². The number of carbonyl (C=O) groups excluding carboxylic acids is 2. The third-order valence-corrected chi connectivity index (χ3v) is 10.8. The Morgan fingerprint density at radius 1 is 0.522 bits per heavy atom. The molecular formula is C41H76O5. The number of esters is 2. The molecule has 0 spiro atoms. The maximum Gasteiger partial charge on any atom is 0.306 e. The maximum absolute atomic E-state index is 12.2. The van der Waals surface area contributed by atoms with Crippen LogP contribution in [0.2, 0.25) is 0 Å². The van der Waals surface area contributed by atoms with E-state index in [0.717, 1.165) is 49.4 Å². The van der Waals surface area contributed by atoms with Crippen LogP contribution in [0.15, 0.2) is 0 Å². The van der Waals surface area contributed by atoms with Crippen molar-refractivity contribution in [1.82, 2.24) is 0 Å². The van der Waals surface area contributed by atoms with Crippen molar-refractivity contribution in [2.24, 2.45) is 23.7 Å². The SMILES string of the molecule is CCCCCCCC[C@@H]1C[C@@H]1CCCCCCCC(=O)OC[C@H](CO)OC(=O)CCCCCCC[C@H]1C[C@H]1CCCCCCCC. The second kappa shape index (κ2) is 27.8.